The fraction of sp³-hybridized carbons (Fsp3) is 0.458. The van der Waals surface area contributed by atoms with Crippen LogP contribution in [0.1, 0.15) is 27.2 Å². The number of benzene rings is 1. The highest BCUT2D eigenvalue weighted by atomic mass is 31.2. The first-order valence-corrected chi connectivity index (χ1v) is 13.1. The Balaban J connectivity index is 2.30. The van der Waals surface area contributed by atoms with Gasteiger partial charge in [-0.15, -0.1) is 6.42 Å². The van der Waals surface area contributed by atoms with Crippen molar-refractivity contribution in [1.82, 2.24) is 14.6 Å². The first-order valence-electron chi connectivity index (χ1n) is 11.6. The van der Waals surface area contributed by atoms with Gasteiger partial charge in [-0.25, -0.2) is 9.36 Å². The van der Waals surface area contributed by atoms with Crippen molar-refractivity contribution in [2.75, 3.05) is 13.7 Å². The normalized spacial score (nSPS) is 17.6. The van der Waals surface area contributed by atoms with Crippen molar-refractivity contribution in [3.05, 3.63) is 63.4 Å². The maximum absolute atomic E-state index is 13.7. The molecule has 0 saturated carbocycles. The number of para-hydroxylation sites is 1. The van der Waals surface area contributed by atoms with E-state index in [1.54, 1.807) is 25.1 Å². The number of aromatic nitrogens is 2. The fourth-order valence-electron chi connectivity index (χ4n) is 3.09. The van der Waals surface area contributed by atoms with Gasteiger partial charge in [0.25, 0.3) is 5.56 Å². The summed E-state index contributed by atoms with van der Waals surface area (Å²) < 4.78 is 35.7. The van der Waals surface area contributed by atoms with E-state index < -0.39 is 55.5 Å². The van der Waals surface area contributed by atoms with Crippen LogP contribution in [0, 0.1) is 12.3 Å². The van der Waals surface area contributed by atoms with Gasteiger partial charge < -0.3 is 24.2 Å². The zero-order chi connectivity index (χ0) is 28.5. The summed E-state index contributed by atoms with van der Waals surface area (Å²) in [6, 6.07) is 7.74. The second-order valence-corrected chi connectivity index (χ2v) is 9.97. The SMILES string of the molecule is C#C[C@@](O)([C@H](O)[C@@H](COP(=O)(N[C@@H](C)C(=O)O[C@@H](C)CC)Oc1ccccc1)OC)n1ccc(=O)[nH]c1=O. The molecule has 2 aromatic rings. The molecule has 1 heterocycles. The largest absolute Gasteiger partial charge is 0.462 e. The molecule has 208 valence electrons. The maximum Gasteiger partial charge on any atom is 0.459 e. The van der Waals surface area contributed by atoms with Gasteiger partial charge in [0.2, 0.25) is 5.72 Å². The Hall–Kier alpha value is -3.24. The number of methoxy groups -OCH3 is 1. The van der Waals surface area contributed by atoms with Crippen LogP contribution in [0.4, 0.5) is 0 Å². The van der Waals surface area contributed by atoms with Crippen LogP contribution < -0.4 is 20.9 Å². The molecule has 0 radical (unpaired) electrons. The number of H-pyrrole nitrogens is 1. The van der Waals surface area contributed by atoms with E-state index in [1.807, 2.05) is 17.8 Å². The van der Waals surface area contributed by atoms with Crippen molar-refractivity contribution in [2.45, 2.75) is 57.3 Å². The Bertz CT molecular complexity index is 1270. The summed E-state index contributed by atoms with van der Waals surface area (Å²) >= 11 is 0. The average molecular weight is 554 g/mol. The summed E-state index contributed by atoms with van der Waals surface area (Å²) in [5.74, 6) is 1.34. The van der Waals surface area contributed by atoms with Crippen LogP contribution in [0.5, 0.6) is 5.75 Å². The summed E-state index contributed by atoms with van der Waals surface area (Å²) in [7, 11) is -3.20. The number of hydrogen-bond acceptors (Lipinski definition) is 10. The zero-order valence-electron chi connectivity index (χ0n) is 21.4. The molecule has 0 aliphatic carbocycles. The van der Waals surface area contributed by atoms with Gasteiger partial charge in [-0.3, -0.25) is 23.7 Å². The Kier molecular flexibility index (Phi) is 11.0. The van der Waals surface area contributed by atoms with Gasteiger partial charge in [-0.1, -0.05) is 25.1 Å². The Morgan fingerprint density at radius 3 is 2.47 bits per heavy atom. The molecular formula is C24H32N3O10P. The van der Waals surface area contributed by atoms with Crippen LogP contribution in [-0.4, -0.2) is 63.8 Å². The number of nitrogens with zero attached hydrogens (tertiary/aromatic N) is 1. The second kappa shape index (κ2) is 13.5. The lowest BCUT2D eigenvalue weighted by Crippen LogP contribution is -2.56. The summed E-state index contributed by atoms with van der Waals surface area (Å²) in [4.78, 5) is 38.0. The standard InChI is InChI=1S/C24H32N3O10P/c1-6-16(3)36-22(30)17(4)26-38(33,37-18-11-9-8-10-12-18)35-15-19(34-5)21(29)24(32,7-2)27-14-13-20(28)25-23(27)31/h2,8-14,16-17,19,21,29,32H,6,15H2,1,3-5H3,(H,26,33)(H,25,28,31)/t16-,17-,19+,21+,24+,38?/m0/s1. The number of nitrogens with one attached hydrogen (secondary N) is 2. The number of hydrogen-bond donors (Lipinski definition) is 4. The van der Waals surface area contributed by atoms with E-state index in [9.17, 15) is 29.2 Å². The van der Waals surface area contributed by atoms with Gasteiger partial charge in [0.1, 0.15) is 24.0 Å². The number of aliphatic hydroxyl groups is 2. The third-order valence-corrected chi connectivity index (χ3v) is 7.09. The molecule has 4 N–H and O–H groups in total. The van der Waals surface area contributed by atoms with E-state index in [0.29, 0.717) is 11.0 Å². The van der Waals surface area contributed by atoms with Crippen molar-refractivity contribution in [3.63, 3.8) is 0 Å². The molecule has 1 aromatic carbocycles. The quantitative estimate of drug-likeness (QED) is 0.147. The molecule has 0 amide bonds. The third-order valence-electron chi connectivity index (χ3n) is 5.45. The minimum absolute atomic E-state index is 0.139. The van der Waals surface area contributed by atoms with Crippen LogP contribution in [0.25, 0.3) is 0 Å². The van der Waals surface area contributed by atoms with Gasteiger partial charge in [0, 0.05) is 19.4 Å². The number of terminal acetylenes is 1. The molecule has 0 saturated heterocycles. The molecule has 14 heteroatoms. The highest BCUT2D eigenvalue weighted by molar-refractivity contribution is 7.52. The highest BCUT2D eigenvalue weighted by Gasteiger charge is 2.44. The number of esters is 1. The topological polar surface area (TPSA) is 178 Å². The van der Waals surface area contributed by atoms with Crippen LogP contribution >= 0.6 is 7.75 Å². The van der Waals surface area contributed by atoms with E-state index in [2.05, 4.69) is 5.09 Å². The molecule has 0 bridgehead atoms. The smallest absolute Gasteiger partial charge is 0.459 e. The molecule has 0 aliphatic heterocycles. The van der Waals surface area contributed by atoms with E-state index in [-0.39, 0.29) is 11.9 Å². The molecular weight excluding hydrogens is 521 g/mol. The maximum atomic E-state index is 13.7. The number of carbonyl (C=O) groups excluding carboxylic acids is 1. The lowest BCUT2D eigenvalue weighted by Gasteiger charge is -2.34. The van der Waals surface area contributed by atoms with E-state index in [4.69, 9.17) is 24.9 Å². The van der Waals surface area contributed by atoms with Crippen LogP contribution in [0.3, 0.4) is 0 Å². The van der Waals surface area contributed by atoms with Crippen molar-refractivity contribution >= 4 is 13.7 Å². The molecule has 0 aliphatic rings. The van der Waals surface area contributed by atoms with E-state index >= 15 is 0 Å². The minimum atomic E-state index is -4.35. The third kappa shape index (κ3) is 7.88. The number of aliphatic hydroxyl groups excluding tert-OH is 1. The summed E-state index contributed by atoms with van der Waals surface area (Å²) in [5, 5.41) is 24.3. The number of aromatic amines is 1. The van der Waals surface area contributed by atoms with Crippen molar-refractivity contribution in [1.29, 1.82) is 0 Å². The predicted molar refractivity (Wildman–Crippen MR) is 136 cm³/mol. The van der Waals surface area contributed by atoms with Crippen LogP contribution in [-0.2, 0) is 29.1 Å². The van der Waals surface area contributed by atoms with E-state index in [1.165, 1.54) is 19.1 Å². The summed E-state index contributed by atoms with van der Waals surface area (Å²) in [6.07, 6.45) is 3.00. The van der Waals surface area contributed by atoms with Crippen molar-refractivity contribution < 1.29 is 38.1 Å². The summed E-state index contributed by atoms with van der Waals surface area (Å²) in [5.41, 5.74) is -4.55. The Morgan fingerprint density at radius 2 is 1.92 bits per heavy atom. The zero-order valence-corrected chi connectivity index (χ0v) is 22.3. The number of rotatable bonds is 14. The first kappa shape index (κ1) is 31.0. The first-order chi connectivity index (χ1) is 17.9. The highest BCUT2D eigenvalue weighted by Crippen LogP contribution is 2.45. The monoisotopic (exact) mass is 553 g/mol. The minimum Gasteiger partial charge on any atom is -0.462 e. The molecule has 2 rings (SSSR count). The van der Waals surface area contributed by atoms with Crippen LogP contribution in [0.2, 0.25) is 0 Å². The molecule has 38 heavy (non-hydrogen) atoms. The molecule has 1 unspecified atom stereocenters. The molecule has 13 nitrogen and oxygen atoms in total. The Morgan fingerprint density at radius 1 is 1.26 bits per heavy atom. The van der Waals surface area contributed by atoms with E-state index in [0.717, 1.165) is 19.4 Å². The Labute approximate surface area is 219 Å². The molecule has 0 fully saturated rings. The second-order valence-electron chi connectivity index (χ2n) is 8.27. The fourth-order valence-corrected chi connectivity index (χ4v) is 4.59. The van der Waals surface area contributed by atoms with Gasteiger partial charge in [-0.2, -0.15) is 5.09 Å². The number of carbonyl (C=O) groups is 1. The van der Waals surface area contributed by atoms with Gasteiger partial charge in [0.05, 0.1) is 12.7 Å². The lowest BCUT2D eigenvalue weighted by molar-refractivity contribution is -0.154. The summed E-state index contributed by atoms with van der Waals surface area (Å²) in [6.45, 7) is 4.24. The van der Waals surface area contributed by atoms with Crippen molar-refractivity contribution in [2.24, 2.45) is 0 Å². The average Bonchev–Trinajstić information content (AvgIpc) is 2.88. The predicted octanol–water partition coefficient (Wildman–Crippen LogP) is 0.714. The van der Waals surface area contributed by atoms with Gasteiger partial charge in [0.15, 0.2) is 0 Å². The number of ether oxygens (including phenoxy) is 2. The van der Waals surface area contributed by atoms with Gasteiger partial charge in [-0.05, 0) is 38.3 Å². The molecule has 1 aromatic heterocycles. The van der Waals surface area contributed by atoms with Crippen LogP contribution in [0.15, 0.2) is 52.2 Å². The molecule has 6 atom stereocenters. The lowest BCUT2D eigenvalue weighted by atomic mass is 10.0. The van der Waals surface area contributed by atoms with Crippen molar-refractivity contribution in [3.8, 4) is 18.1 Å². The molecule has 0 spiro atoms. The van der Waals surface area contributed by atoms with Gasteiger partial charge >= 0.3 is 19.4 Å².